The lowest BCUT2D eigenvalue weighted by molar-refractivity contribution is 0.669. The minimum atomic E-state index is 0.265. The standard InChI is InChI=1S/C56H37NO/c1-2-18-42(19-3-1)57-51-26-10-8-20-43(51)49-34-38(28-30-52(49)57)36-14-12-16-40(32-36)55-45-22-4-6-24-47(45)56(48-25-7-5-23-46(48)55)41-17-13-15-37(33-41)39-29-31-54-50(35-39)44-21-9-11-27-53(44)58-54/h1-35,43,51H. The average Bonchev–Trinajstić information content (AvgIpc) is 3.83. The van der Waals surface area contributed by atoms with Crippen LogP contribution >= 0.6 is 0 Å². The largest absolute Gasteiger partial charge is 0.456 e. The summed E-state index contributed by atoms with van der Waals surface area (Å²) in [7, 11) is 0. The molecule has 1 aromatic heterocycles. The molecule has 0 saturated heterocycles. The van der Waals surface area contributed by atoms with Gasteiger partial charge in [-0.3, -0.25) is 0 Å². The topological polar surface area (TPSA) is 16.4 Å². The molecule has 2 heterocycles. The van der Waals surface area contributed by atoms with E-state index in [1.807, 2.05) is 12.1 Å². The molecule has 2 nitrogen and oxygen atoms in total. The van der Waals surface area contributed by atoms with Gasteiger partial charge in [0.15, 0.2) is 0 Å². The number of fused-ring (bicyclic) bond motifs is 8. The molecule has 0 N–H and O–H groups in total. The first-order chi connectivity index (χ1) is 28.8. The van der Waals surface area contributed by atoms with Crippen molar-refractivity contribution < 1.29 is 4.42 Å². The fourth-order valence-corrected chi connectivity index (χ4v) is 9.78. The Morgan fingerprint density at radius 1 is 0.362 bits per heavy atom. The molecule has 58 heavy (non-hydrogen) atoms. The molecular formula is C56H37NO. The predicted molar refractivity (Wildman–Crippen MR) is 244 cm³/mol. The molecule has 0 spiro atoms. The Morgan fingerprint density at radius 2 is 0.879 bits per heavy atom. The van der Waals surface area contributed by atoms with Crippen LogP contribution < -0.4 is 4.90 Å². The minimum absolute atomic E-state index is 0.265. The van der Waals surface area contributed by atoms with Gasteiger partial charge in [-0.1, -0.05) is 158 Å². The highest BCUT2D eigenvalue weighted by molar-refractivity contribution is 6.21. The third kappa shape index (κ3) is 5.12. The van der Waals surface area contributed by atoms with Crippen molar-refractivity contribution in [3.63, 3.8) is 0 Å². The molecule has 272 valence electrons. The second kappa shape index (κ2) is 13.1. The number of hydrogen-bond acceptors (Lipinski definition) is 2. The number of rotatable bonds is 5. The summed E-state index contributed by atoms with van der Waals surface area (Å²) in [6.07, 6.45) is 9.09. The van der Waals surface area contributed by atoms with Crippen molar-refractivity contribution in [2.75, 3.05) is 4.90 Å². The van der Waals surface area contributed by atoms with Crippen molar-refractivity contribution in [3.8, 4) is 44.5 Å². The number of nitrogens with zero attached hydrogens (tertiary/aromatic N) is 1. The van der Waals surface area contributed by atoms with E-state index in [1.165, 1.54) is 83.0 Å². The van der Waals surface area contributed by atoms with Gasteiger partial charge in [0.05, 0.1) is 6.04 Å². The van der Waals surface area contributed by atoms with Gasteiger partial charge in [0.2, 0.25) is 0 Å². The molecule has 0 saturated carbocycles. The van der Waals surface area contributed by atoms with Crippen LogP contribution in [0.5, 0.6) is 0 Å². The van der Waals surface area contributed by atoms with Crippen LogP contribution in [0.15, 0.2) is 217 Å². The molecule has 0 fully saturated rings. The molecule has 2 unspecified atom stereocenters. The van der Waals surface area contributed by atoms with Crippen molar-refractivity contribution in [1.82, 2.24) is 0 Å². The third-order valence-corrected chi connectivity index (χ3v) is 12.4. The highest BCUT2D eigenvalue weighted by atomic mass is 16.3. The molecule has 9 aromatic carbocycles. The maximum absolute atomic E-state index is 6.16. The molecule has 12 rings (SSSR count). The van der Waals surface area contributed by atoms with E-state index in [9.17, 15) is 0 Å². The van der Waals surface area contributed by atoms with Crippen molar-refractivity contribution in [2.45, 2.75) is 12.0 Å². The van der Waals surface area contributed by atoms with Gasteiger partial charge in [-0.25, -0.2) is 0 Å². The summed E-state index contributed by atoms with van der Waals surface area (Å²) >= 11 is 0. The van der Waals surface area contributed by atoms with Crippen LogP contribution in [0, 0.1) is 0 Å². The normalized spacial score (nSPS) is 15.8. The van der Waals surface area contributed by atoms with Gasteiger partial charge < -0.3 is 9.32 Å². The van der Waals surface area contributed by atoms with Gasteiger partial charge >= 0.3 is 0 Å². The maximum Gasteiger partial charge on any atom is 0.135 e. The Bertz CT molecular complexity index is 3250. The van der Waals surface area contributed by atoms with E-state index in [0.29, 0.717) is 5.92 Å². The number of benzene rings is 9. The molecule has 1 aliphatic heterocycles. The van der Waals surface area contributed by atoms with Crippen LogP contribution in [0.25, 0.3) is 88.0 Å². The lowest BCUT2D eigenvalue weighted by atomic mass is 9.84. The Hall–Kier alpha value is -7.42. The quantitative estimate of drug-likeness (QED) is 0.163. The number of hydrogen-bond donors (Lipinski definition) is 0. The fourth-order valence-electron chi connectivity index (χ4n) is 9.78. The number of anilines is 2. The molecule has 0 radical (unpaired) electrons. The van der Waals surface area contributed by atoms with Crippen molar-refractivity contribution in [2.24, 2.45) is 0 Å². The molecule has 2 atom stereocenters. The molecule has 10 aromatic rings. The van der Waals surface area contributed by atoms with Crippen LogP contribution in [-0.2, 0) is 0 Å². The molecular weight excluding hydrogens is 703 g/mol. The van der Waals surface area contributed by atoms with Gasteiger partial charge in [0.25, 0.3) is 0 Å². The van der Waals surface area contributed by atoms with Crippen LogP contribution in [0.3, 0.4) is 0 Å². The maximum atomic E-state index is 6.16. The van der Waals surface area contributed by atoms with E-state index in [0.717, 1.165) is 21.9 Å². The summed E-state index contributed by atoms with van der Waals surface area (Å²) in [4.78, 5) is 2.50. The summed E-state index contributed by atoms with van der Waals surface area (Å²) < 4.78 is 6.16. The molecule has 2 heteroatoms. The fraction of sp³-hybridized carbons (Fsp3) is 0.0357. The first kappa shape index (κ1) is 32.8. The van der Waals surface area contributed by atoms with E-state index in [2.05, 4.69) is 205 Å². The lowest BCUT2D eigenvalue weighted by Crippen LogP contribution is -2.28. The minimum Gasteiger partial charge on any atom is -0.456 e. The predicted octanol–water partition coefficient (Wildman–Crippen LogP) is 15.3. The number of furan rings is 1. The Kier molecular flexibility index (Phi) is 7.39. The first-order valence-electron chi connectivity index (χ1n) is 20.2. The smallest absolute Gasteiger partial charge is 0.135 e. The third-order valence-electron chi connectivity index (χ3n) is 12.4. The summed E-state index contributed by atoms with van der Waals surface area (Å²) in [6, 6.07) is 69.0. The van der Waals surface area contributed by atoms with E-state index in [-0.39, 0.29) is 6.04 Å². The van der Waals surface area contributed by atoms with Gasteiger partial charge in [0, 0.05) is 28.1 Å². The summed E-state index contributed by atoms with van der Waals surface area (Å²) in [5.74, 6) is 0.302. The van der Waals surface area contributed by atoms with Crippen LogP contribution in [-0.4, -0.2) is 6.04 Å². The van der Waals surface area contributed by atoms with Crippen LogP contribution in [0.4, 0.5) is 11.4 Å². The van der Waals surface area contributed by atoms with Crippen LogP contribution in [0.2, 0.25) is 0 Å². The SMILES string of the molecule is C1=CC2c3cc(-c4cccc(-c5c6ccccc6c(-c6cccc(-c7ccc8oc9ccccc9c8c7)c6)c6ccccc56)c4)ccc3N(c3ccccc3)C2C=C1. The average molecular weight is 740 g/mol. The van der Waals surface area contributed by atoms with Crippen molar-refractivity contribution in [1.29, 1.82) is 0 Å². The molecule has 0 amide bonds. The van der Waals surface area contributed by atoms with Gasteiger partial charge in [-0.2, -0.15) is 0 Å². The summed E-state index contributed by atoms with van der Waals surface area (Å²) in [6.45, 7) is 0. The summed E-state index contributed by atoms with van der Waals surface area (Å²) in [5.41, 5.74) is 15.5. The monoisotopic (exact) mass is 739 g/mol. The second-order valence-electron chi connectivity index (χ2n) is 15.6. The highest BCUT2D eigenvalue weighted by Crippen LogP contribution is 2.50. The first-order valence-corrected chi connectivity index (χ1v) is 20.2. The molecule has 2 aliphatic rings. The van der Waals surface area contributed by atoms with Crippen molar-refractivity contribution >= 4 is 54.9 Å². The number of allylic oxidation sites excluding steroid dienone is 2. The Labute approximate surface area is 337 Å². The summed E-state index contributed by atoms with van der Waals surface area (Å²) in [5, 5.41) is 7.28. The Balaban J connectivity index is 0.985. The van der Waals surface area contributed by atoms with Crippen molar-refractivity contribution in [3.05, 3.63) is 218 Å². The second-order valence-corrected chi connectivity index (χ2v) is 15.6. The Morgan fingerprint density at radius 3 is 1.55 bits per heavy atom. The highest BCUT2D eigenvalue weighted by Gasteiger charge is 2.37. The van der Waals surface area contributed by atoms with Gasteiger partial charge in [-0.05, 0) is 126 Å². The van der Waals surface area contributed by atoms with E-state index < -0.39 is 0 Å². The lowest BCUT2D eigenvalue weighted by Gasteiger charge is -2.28. The number of para-hydroxylation sites is 2. The molecule has 1 aliphatic carbocycles. The zero-order valence-electron chi connectivity index (χ0n) is 31.7. The zero-order chi connectivity index (χ0) is 38.2. The van der Waals surface area contributed by atoms with Crippen LogP contribution in [0.1, 0.15) is 11.5 Å². The van der Waals surface area contributed by atoms with E-state index in [4.69, 9.17) is 4.42 Å². The van der Waals surface area contributed by atoms with Gasteiger partial charge in [-0.15, -0.1) is 0 Å². The van der Waals surface area contributed by atoms with Gasteiger partial charge in [0.1, 0.15) is 11.2 Å². The van der Waals surface area contributed by atoms with E-state index in [1.54, 1.807) is 0 Å². The van der Waals surface area contributed by atoms with E-state index >= 15 is 0 Å². The zero-order valence-corrected chi connectivity index (χ0v) is 31.7. The molecule has 0 bridgehead atoms.